The summed E-state index contributed by atoms with van der Waals surface area (Å²) in [4.78, 5) is 9.25. The number of aliphatic carboxylic acids is 1. The summed E-state index contributed by atoms with van der Waals surface area (Å²) in [6.07, 6.45) is 0.833. The first-order chi connectivity index (χ1) is 7.23. The minimum Gasteiger partial charge on any atom is -0.478 e. The lowest BCUT2D eigenvalue weighted by molar-refractivity contribution is -0.131. The maximum absolute atomic E-state index is 11.5. The zero-order chi connectivity index (χ0) is 14.5. The third kappa shape index (κ3) is 9.77. The number of sulfonamides is 1. The molecule has 0 saturated carbocycles. The summed E-state index contributed by atoms with van der Waals surface area (Å²) in [5, 5.41) is 9.59. The van der Waals surface area contributed by atoms with Gasteiger partial charge in [0.05, 0.1) is 0 Å². The lowest BCUT2D eigenvalue weighted by atomic mass is 10.7. The molecule has 0 saturated heterocycles. The first kappa shape index (κ1) is 18.2. The number of carboxylic acid groups (broad SMARTS) is 1. The van der Waals surface area contributed by atoms with Crippen LogP contribution in [0.2, 0.25) is 0 Å². The van der Waals surface area contributed by atoms with Crippen molar-refractivity contribution in [3.05, 3.63) is 12.7 Å². The summed E-state index contributed by atoms with van der Waals surface area (Å²) >= 11 is 0. The quantitative estimate of drug-likeness (QED) is 0.670. The fourth-order valence-corrected chi connectivity index (χ4v) is 2.55. The van der Waals surface area contributed by atoms with E-state index < -0.39 is 36.4 Å². The van der Waals surface area contributed by atoms with Crippen LogP contribution in [0, 0.1) is 0 Å². The average Bonchev–Trinajstić information content (AvgIpc) is 1.98. The molecule has 17 heavy (non-hydrogen) atoms. The fraction of sp³-hybridized carbons (Fsp3) is 0.400. The smallest absolute Gasteiger partial charge is 0.478 e. The van der Waals surface area contributed by atoms with Gasteiger partial charge in [0, 0.05) is 6.08 Å². The van der Waals surface area contributed by atoms with Gasteiger partial charge in [-0.1, -0.05) is 6.58 Å². The minimum atomic E-state index is -5.67. The predicted octanol–water partition coefficient (Wildman–Crippen LogP) is -0.576. The van der Waals surface area contributed by atoms with Gasteiger partial charge in [0.15, 0.2) is 5.08 Å². The number of hydrogen-bond acceptors (Lipinski definition) is 5. The molecule has 0 bridgehead atoms. The Morgan fingerprint density at radius 2 is 1.59 bits per heavy atom. The molecule has 0 unspecified atom stereocenters. The normalized spacial score (nSPS) is 12.2. The summed E-state index contributed by atoms with van der Waals surface area (Å²) in [5.41, 5.74) is -5.58. The van der Waals surface area contributed by atoms with Crippen molar-refractivity contribution in [2.75, 3.05) is 5.08 Å². The van der Waals surface area contributed by atoms with Gasteiger partial charge in [0.25, 0.3) is 9.84 Å². The number of halogens is 3. The van der Waals surface area contributed by atoms with Crippen LogP contribution >= 0.6 is 0 Å². The van der Waals surface area contributed by atoms with Gasteiger partial charge in [-0.3, -0.25) is 0 Å². The Morgan fingerprint density at radius 1 is 1.29 bits per heavy atom. The van der Waals surface area contributed by atoms with Gasteiger partial charge >= 0.3 is 11.5 Å². The second kappa shape index (κ2) is 5.97. The van der Waals surface area contributed by atoms with Crippen LogP contribution in [0.5, 0.6) is 0 Å². The number of hydrogen-bond donors (Lipinski definition) is 2. The number of alkyl halides is 3. The molecule has 0 aliphatic heterocycles. The largest absolute Gasteiger partial charge is 0.498 e. The first-order valence-corrected chi connectivity index (χ1v) is 6.74. The van der Waals surface area contributed by atoms with Gasteiger partial charge in [-0.15, -0.1) is 0 Å². The maximum atomic E-state index is 11.5. The molecule has 0 atom stereocenters. The second-order valence-electron chi connectivity index (χ2n) is 2.38. The number of rotatable bonds is 3. The molecule has 3 N–H and O–H groups in total. The van der Waals surface area contributed by atoms with Crippen LogP contribution in [-0.2, 0) is 24.7 Å². The molecule has 0 spiro atoms. The molecule has 0 aromatic rings. The van der Waals surface area contributed by atoms with Crippen molar-refractivity contribution in [3.63, 3.8) is 0 Å². The molecule has 0 aromatic carbocycles. The summed E-state index contributed by atoms with van der Waals surface area (Å²) in [5.74, 6) is -0.981. The predicted molar refractivity (Wildman–Crippen MR) is 50.8 cm³/mol. The number of primary sulfonamides is 1. The van der Waals surface area contributed by atoms with Crippen LogP contribution in [0.4, 0.5) is 13.2 Å². The number of sulfone groups is 1. The van der Waals surface area contributed by atoms with Crippen LogP contribution in [0.3, 0.4) is 0 Å². The number of carbonyl (C=O) groups is 1. The van der Waals surface area contributed by atoms with Crippen molar-refractivity contribution in [2.24, 2.45) is 5.14 Å². The molecular formula is C5H8F3NO6S2. The van der Waals surface area contributed by atoms with Gasteiger partial charge in [0.1, 0.15) is 0 Å². The Morgan fingerprint density at radius 3 is 1.65 bits per heavy atom. The lowest BCUT2D eigenvalue weighted by Gasteiger charge is -2.05. The van der Waals surface area contributed by atoms with Crippen LogP contribution in [-0.4, -0.2) is 38.5 Å². The highest BCUT2D eigenvalue weighted by Gasteiger charge is 2.47. The molecule has 102 valence electrons. The van der Waals surface area contributed by atoms with E-state index in [9.17, 15) is 34.8 Å². The summed E-state index contributed by atoms with van der Waals surface area (Å²) in [6.45, 7) is 2.96. The SMILES string of the molecule is C=CC(=O)O.NS(=O)(=O)CS(=O)(=O)C(F)(F)F. The zero-order valence-electron chi connectivity index (χ0n) is 8.01. The van der Waals surface area contributed by atoms with Gasteiger partial charge in [0.2, 0.25) is 10.0 Å². The Labute approximate surface area is 94.7 Å². The molecule has 0 aromatic heterocycles. The Kier molecular flexibility index (Phi) is 6.41. The molecule has 0 fully saturated rings. The van der Waals surface area contributed by atoms with E-state index in [1.807, 2.05) is 0 Å². The van der Waals surface area contributed by atoms with E-state index in [0.717, 1.165) is 6.08 Å². The van der Waals surface area contributed by atoms with Crippen LogP contribution in [0.15, 0.2) is 12.7 Å². The van der Waals surface area contributed by atoms with E-state index in [0.29, 0.717) is 0 Å². The van der Waals surface area contributed by atoms with E-state index >= 15 is 0 Å². The molecule has 0 radical (unpaired) electrons. The molecule has 0 rings (SSSR count). The standard InChI is InChI=1S/C3H4O2.C2H4F3NO4S2/c1-2-3(4)5;3-2(4,5)11(7,8)1-12(6,9)10/h2H,1H2,(H,4,5);1H2,(H2,6,9,10). The highest BCUT2D eigenvalue weighted by Crippen LogP contribution is 2.24. The average molecular weight is 299 g/mol. The van der Waals surface area contributed by atoms with E-state index in [1.165, 1.54) is 0 Å². The molecular weight excluding hydrogens is 291 g/mol. The van der Waals surface area contributed by atoms with Crippen LogP contribution < -0.4 is 5.14 Å². The molecule has 0 aliphatic rings. The van der Waals surface area contributed by atoms with Crippen molar-refractivity contribution in [2.45, 2.75) is 5.51 Å². The van der Waals surface area contributed by atoms with E-state index in [1.54, 1.807) is 0 Å². The zero-order valence-corrected chi connectivity index (χ0v) is 9.64. The third-order valence-corrected chi connectivity index (χ3v) is 4.11. The topological polar surface area (TPSA) is 132 Å². The number of carboxylic acids is 1. The van der Waals surface area contributed by atoms with Crippen molar-refractivity contribution in [3.8, 4) is 0 Å². The van der Waals surface area contributed by atoms with Crippen molar-refractivity contribution in [1.29, 1.82) is 0 Å². The van der Waals surface area contributed by atoms with Gasteiger partial charge < -0.3 is 5.11 Å². The fourth-order valence-electron chi connectivity index (χ4n) is 0.283. The summed E-state index contributed by atoms with van der Waals surface area (Å²) in [7, 11) is -10.3. The lowest BCUT2D eigenvalue weighted by Crippen LogP contribution is -2.32. The van der Waals surface area contributed by atoms with Crippen molar-refractivity contribution < 1.29 is 39.9 Å². The molecule has 7 nitrogen and oxygen atoms in total. The summed E-state index contributed by atoms with van der Waals surface area (Å²) < 4.78 is 74.5. The number of nitrogens with two attached hydrogens (primary N) is 1. The molecule has 12 heteroatoms. The monoisotopic (exact) mass is 299 g/mol. The third-order valence-electron chi connectivity index (χ3n) is 0.847. The minimum absolute atomic E-state index is 0.833. The highest BCUT2D eigenvalue weighted by atomic mass is 32.3. The van der Waals surface area contributed by atoms with Gasteiger partial charge in [-0.25, -0.2) is 26.8 Å². The Bertz CT molecular complexity index is 476. The summed E-state index contributed by atoms with van der Waals surface area (Å²) in [6, 6.07) is 0. The van der Waals surface area contributed by atoms with Gasteiger partial charge in [-0.05, 0) is 0 Å². The Hall–Kier alpha value is -1.14. The molecule has 0 aliphatic carbocycles. The second-order valence-corrected chi connectivity index (χ2v) is 6.34. The highest BCUT2D eigenvalue weighted by molar-refractivity contribution is 8.07. The van der Waals surface area contributed by atoms with E-state index in [4.69, 9.17) is 5.11 Å². The van der Waals surface area contributed by atoms with Crippen molar-refractivity contribution >= 4 is 25.8 Å². The van der Waals surface area contributed by atoms with Gasteiger partial charge in [-0.2, -0.15) is 13.2 Å². The maximum Gasteiger partial charge on any atom is 0.498 e. The molecule has 0 amide bonds. The van der Waals surface area contributed by atoms with Crippen molar-refractivity contribution in [1.82, 2.24) is 0 Å². The van der Waals surface area contributed by atoms with E-state index in [2.05, 4.69) is 11.7 Å². The van der Waals surface area contributed by atoms with E-state index in [-0.39, 0.29) is 0 Å². The van der Waals surface area contributed by atoms with Crippen LogP contribution in [0.1, 0.15) is 0 Å². The first-order valence-electron chi connectivity index (χ1n) is 3.38. The van der Waals surface area contributed by atoms with Crippen LogP contribution in [0.25, 0.3) is 0 Å². The molecule has 0 heterocycles. The Balaban J connectivity index is 0.